The van der Waals surface area contributed by atoms with E-state index in [1.54, 1.807) is 28.0 Å². The Balaban J connectivity index is 2.08. The van der Waals surface area contributed by atoms with Gasteiger partial charge in [0.25, 0.3) is 5.91 Å². The van der Waals surface area contributed by atoms with Crippen molar-refractivity contribution in [1.82, 2.24) is 9.80 Å². The molecule has 0 N–H and O–H groups in total. The second kappa shape index (κ2) is 8.07. The summed E-state index contributed by atoms with van der Waals surface area (Å²) in [5.74, 6) is -0.830. The molecule has 1 aliphatic rings. The lowest BCUT2D eigenvalue weighted by Gasteiger charge is -2.35. The number of amides is 2. The van der Waals surface area contributed by atoms with E-state index in [2.05, 4.69) is 15.9 Å². The van der Waals surface area contributed by atoms with Gasteiger partial charge in [0.1, 0.15) is 5.60 Å². The highest BCUT2D eigenvalue weighted by Gasteiger charge is 2.29. The molecule has 0 aliphatic carbocycles. The number of methoxy groups -OCH3 is 1. The Bertz CT molecular complexity index is 706. The zero-order valence-electron chi connectivity index (χ0n) is 15.4. The van der Waals surface area contributed by atoms with E-state index < -0.39 is 11.6 Å². The highest BCUT2D eigenvalue weighted by atomic mass is 79.9. The minimum absolute atomic E-state index is 0.218. The Hall–Kier alpha value is -2.09. The number of nitrogens with zero attached hydrogens (tertiary/aromatic N) is 2. The molecule has 1 aromatic rings. The first-order chi connectivity index (χ1) is 12.1. The summed E-state index contributed by atoms with van der Waals surface area (Å²) in [5, 5.41) is 0. The highest BCUT2D eigenvalue weighted by Crippen LogP contribution is 2.20. The molecule has 0 bridgehead atoms. The number of carbonyl (C=O) groups is 3. The van der Waals surface area contributed by atoms with Gasteiger partial charge >= 0.3 is 12.1 Å². The monoisotopic (exact) mass is 426 g/mol. The van der Waals surface area contributed by atoms with Crippen LogP contribution in [0.4, 0.5) is 4.79 Å². The number of benzene rings is 1. The van der Waals surface area contributed by atoms with Crippen LogP contribution in [0.3, 0.4) is 0 Å². The average molecular weight is 427 g/mol. The molecule has 1 fully saturated rings. The number of hydrogen-bond donors (Lipinski definition) is 0. The van der Waals surface area contributed by atoms with Gasteiger partial charge in [0.15, 0.2) is 0 Å². The molecule has 1 heterocycles. The standard InChI is InChI=1S/C18H23BrN2O5/c1-18(2,3)26-17(24)21-9-7-20(8-10-21)15(22)14-11-12(19)5-6-13(14)16(23)25-4/h5-6,11H,7-10H2,1-4H3. The van der Waals surface area contributed by atoms with E-state index in [1.165, 1.54) is 7.11 Å². The van der Waals surface area contributed by atoms with Crippen LogP contribution in [0.1, 0.15) is 41.5 Å². The largest absolute Gasteiger partial charge is 0.465 e. The van der Waals surface area contributed by atoms with Crippen molar-refractivity contribution in [2.45, 2.75) is 26.4 Å². The van der Waals surface area contributed by atoms with Crippen LogP contribution in [-0.4, -0.2) is 66.7 Å². The Labute approximate surface area is 161 Å². The summed E-state index contributed by atoms with van der Waals surface area (Å²) in [5.41, 5.74) is -0.0670. The molecule has 0 unspecified atom stereocenters. The van der Waals surface area contributed by atoms with Crippen molar-refractivity contribution in [3.63, 3.8) is 0 Å². The highest BCUT2D eigenvalue weighted by molar-refractivity contribution is 9.10. The van der Waals surface area contributed by atoms with Gasteiger partial charge < -0.3 is 19.3 Å². The molecule has 26 heavy (non-hydrogen) atoms. The van der Waals surface area contributed by atoms with Crippen molar-refractivity contribution in [3.8, 4) is 0 Å². The Morgan fingerprint density at radius 1 is 1.00 bits per heavy atom. The third-order valence-electron chi connectivity index (χ3n) is 3.84. The molecule has 1 aromatic carbocycles. The van der Waals surface area contributed by atoms with Crippen molar-refractivity contribution in [2.75, 3.05) is 33.3 Å². The summed E-state index contributed by atoms with van der Waals surface area (Å²) >= 11 is 3.32. The first-order valence-corrected chi connectivity index (χ1v) is 9.07. The van der Waals surface area contributed by atoms with Gasteiger partial charge in [-0.2, -0.15) is 0 Å². The molecular weight excluding hydrogens is 404 g/mol. The van der Waals surface area contributed by atoms with Gasteiger partial charge in [-0.05, 0) is 39.0 Å². The van der Waals surface area contributed by atoms with Crippen molar-refractivity contribution in [2.24, 2.45) is 0 Å². The lowest BCUT2D eigenvalue weighted by Crippen LogP contribution is -2.51. The lowest BCUT2D eigenvalue weighted by atomic mass is 10.1. The summed E-state index contributed by atoms with van der Waals surface area (Å²) in [6.07, 6.45) is -0.387. The molecule has 142 valence electrons. The van der Waals surface area contributed by atoms with Crippen LogP contribution in [0.5, 0.6) is 0 Å². The molecule has 2 amide bonds. The van der Waals surface area contributed by atoms with Crippen molar-refractivity contribution < 1.29 is 23.9 Å². The number of carbonyl (C=O) groups excluding carboxylic acids is 3. The predicted molar refractivity (Wildman–Crippen MR) is 99.2 cm³/mol. The second-order valence-corrected chi connectivity index (χ2v) is 7.86. The summed E-state index contributed by atoms with van der Waals surface area (Å²) < 4.78 is 10.8. The Kier molecular flexibility index (Phi) is 6.28. The zero-order valence-corrected chi connectivity index (χ0v) is 17.0. The zero-order chi connectivity index (χ0) is 19.5. The number of piperazine rings is 1. The van der Waals surface area contributed by atoms with E-state index in [4.69, 9.17) is 9.47 Å². The third-order valence-corrected chi connectivity index (χ3v) is 4.33. The van der Waals surface area contributed by atoms with Gasteiger partial charge in [-0.15, -0.1) is 0 Å². The minimum Gasteiger partial charge on any atom is -0.465 e. The van der Waals surface area contributed by atoms with E-state index in [9.17, 15) is 14.4 Å². The molecular formula is C18H23BrN2O5. The fourth-order valence-corrected chi connectivity index (χ4v) is 2.93. The first kappa shape index (κ1) is 20.2. The number of halogens is 1. The van der Waals surface area contributed by atoms with Crippen LogP contribution in [0, 0.1) is 0 Å². The Morgan fingerprint density at radius 3 is 2.12 bits per heavy atom. The normalized spacial score (nSPS) is 14.8. The van der Waals surface area contributed by atoms with Crippen LogP contribution in [0.25, 0.3) is 0 Å². The molecule has 1 aliphatic heterocycles. The third kappa shape index (κ3) is 4.97. The summed E-state index contributed by atoms with van der Waals surface area (Å²) in [6, 6.07) is 4.85. The molecule has 0 aromatic heterocycles. The SMILES string of the molecule is COC(=O)c1ccc(Br)cc1C(=O)N1CCN(C(=O)OC(C)(C)C)CC1. The quantitative estimate of drug-likeness (QED) is 0.679. The molecule has 7 nitrogen and oxygen atoms in total. The second-order valence-electron chi connectivity index (χ2n) is 6.94. The Morgan fingerprint density at radius 2 is 1.58 bits per heavy atom. The van der Waals surface area contributed by atoms with Crippen LogP contribution in [-0.2, 0) is 9.47 Å². The molecule has 0 spiro atoms. The minimum atomic E-state index is -0.562. The molecule has 0 radical (unpaired) electrons. The smallest absolute Gasteiger partial charge is 0.410 e. The first-order valence-electron chi connectivity index (χ1n) is 8.27. The number of ether oxygens (including phenoxy) is 2. The predicted octanol–water partition coefficient (Wildman–Crippen LogP) is 2.93. The number of esters is 1. The molecule has 1 saturated heterocycles. The van der Waals surface area contributed by atoms with E-state index in [0.717, 1.165) is 0 Å². The van der Waals surface area contributed by atoms with E-state index in [1.807, 2.05) is 20.8 Å². The summed E-state index contributed by atoms with van der Waals surface area (Å²) in [4.78, 5) is 40.1. The van der Waals surface area contributed by atoms with Crippen LogP contribution >= 0.6 is 15.9 Å². The van der Waals surface area contributed by atoms with E-state index in [-0.39, 0.29) is 23.1 Å². The van der Waals surface area contributed by atoms with E-state index >= 15 is 0 Å². The molecule has 0 atom stereocenters. The maximum atomic E-state index is 12.9. The van der Waals surface area contributed by atoms with Gasteiger partial charge in [0.05, 0.1) is 18.2 Å². The maximum absolute atomic E-state index is 12.9. The van der Waals surface area contributed by atoms with Gasteiger partial charge in [-0.1, -0.05) is 15.9 Å². The molecule has 8 heteroatoms. The van der Waals surface area contributed by atoms with Gasteiger partial charge in [0.2, 0.25) is 0 Å². The fourth-order valence-electron chi connectivity index (χ4n) is 2.57. The number of hydrogen-bond acceptors (Lipinski definition) is 5. The van der Waals surface area contributed by atoms with Gasteiger partial charge in [-0.3, -0.25) is 4.79 Å². The lowest BCUT2D eigenvalue weighted by molar-refractivity contribution is 0.0141. The average Bonchev–Trinajstić information content (AvgIpc) is 2.59. The molecule has 0 saturated carbocycles. The summed E-state index contributed by atoms with van der Waals surface area (Å²) in [6.45, 7) is 6.92. The topological polar surface area (TPSA) is 76.2 Å². The fraction of sp³-hybridized carbons (Fsp3) is 0.500. The van der Waals surface area contributed by atoms with Crippen LogP contribution in [0.15, 0.2) is 22.7 Å². The van der Waals surface area contributed by atoms with Crippen molar-refractivity contribution in [3.05, 3.63) is 33.8 Å². The van der Waals surface area contributed by atoms with E-state index in [0.29, 0.717) is 30.7 Å². The van der Waals surface area contributed by atoms with Crippen LogP contribution < -0.4 is 0 Å². The van der Waals surface area contributed by atoms with Crippen LogP contribution in [0.2, 0.25) is 0 Å². The summed E-state index contributed by atoms with van der Waals surface area (Å²) in [7, 11) is 1.28. The van der Waals surface area contributed by atoms with Crippen molar-refractivity contribution >= 4 is 33.9 Å². The molecule has 2 rings (SSSR count). The van der Waals surface area contributed by atoms with Gasteiger partial charge in [-0.25, -0.2) is 9.59 Å². The van der Waals surface area contributed by atoms with Crippen molar-refractivity contribution in [1.29, 1.82) is 0 Å². The maximum Gasteiger partial charge on any atom is 0.410 e. The number of rotatable bonds is 2. The van der Waals surface area contributed by atoms with Gasteiger partial charge in [0, 0.05) is 30.7 Å².